The first-order chi connectivity index (χ1) is 14.9. The van der Waals surface area contributed by atoms with Crippen LogP contribution < -0.4 is 10.1 Å². The van der Waals surface area contributed by atoms with Gasteiger partial charge in [0.05, 0.1) is 18.4 Å². The summed E-state index contributed by atoms with van der Waals surface area (Å²) in [6, 6.07) is 9.33. The molecule has 1 saturated carbocycles. The van der Waals surface area contributed by atoms with Crippen LogP contribution in [0.25, 0.3) is 16.9 Å². The summed E-state index contributed by atoms with van der Waals surface area (Å²) < 4.78 is 12.4. The highest BCUT2D eigenvalue weighted by atomic mass is 16.5. The predicted molar refractivity (Wildman–Crippen MR) is 113 cm³/mol. The molecule has 3 aromatic rings. The molecule has 0 bridgehead atoms. The summed E-state index contributed by atoms with van der Waals surface area (Å²) >= 11 is 0. The number of amides is 1. The largest absolute Gasteiger partial charge is 0.493 e. The van der Waals surface area contributed by atoms with Gasteiger partial charge in [-0.3, -0.25) is 4.79 Å². The molecular formula is C23H24N4O4. The van der Waals surface area contributed by atoms with Crippen molar-refractivity contribution in [1.82, 2.24) is 19.9 Å². The number of carbonyl (C=O) groups excluding carboxylic acids is 2. The number of rotatable bonds is 6. The minimum Gasteiger partial charge on any atom is -0.493 e. The van der Waals surface area contributed by atoms with Crippen molar-refractivity contribution in [2.45, 2.75) is 38.7 Å². The summed E-state index contributed by atoms with van der Waals surface area (Å²) in [5.41, 5.74) is 3.00. The molecule has 1 fully saturated rings. The zero-order valence-electron chi connectivity index (χ0n) is 17.8. The van der Waals surface area contributed by atoms with Gasteiger partial charge in [-0.2, -0.15) is 0 Å². The van der Waals surface area contributed by atoms with Crippen LogP contribution in [0.15, 0.2) is 30.3 Å². The number of esters is 1. The van der Waals surface area contributed by atoms with E-state index in [-0.39, 0.29) is 18.5 Å². The molecule has 1 aliphatic carbocycles. The normalized spacial score (nSPS) is 16.3. The fourth-order valence-corrected chi connectivity index (χ4v) is 3.96. The Bertz CT molecular complexity index is 1210. The Morgan fingerprint density at radius 1 is 1.29 bits per heavy atom. The van der Waals surface area contributed by atoms with Crippen LogP contribution in [-0.4, -0.2) is 40.1 Å². The summed E-state index contributed by atoms with van der Waals surface area (Å²) in [4.78, 5) is 29.4. The number of benzene rings is 1. The lowest BCUT2D eigenvalue weighted by molar-refractivity contribution is -0.123. The number of hydrogen-bond donors (Lipinski definition) is 1. The number of nitrogens with zero attached hydrogens (tertiary/aromatic N) is 3. The van der Waals surface area contributed by atoms with Crippen molar-refractivity contribution in [3.63, 3.8) is 0 Å². The van der Waals surface area contributed by atoms with Crippen molar-refractivity contribution in [2.75, 3.05) is 13.7 Å². The first kappa shape index (κ1) is 19.5. The summed E-state index contributed by atoms with van der Waals surface area (Å²) in [7, 11) is 1.59. The lowest BCUT2D eigenvalue weighted by Gasteiger charge is -2.13. The molecule has 1 aliphatic heterocycles. The molecule has 3 heterocycles. The number of fused-ring (bicyclic) bond motifs is 2. The third-order valence-corrected chi connectivity index (χ3v) is 5.93. The fourth-order valence-electron chi connectivity index (χ4n) is 3.96. The van der Waals surface area contributed by atoms with E-state index in [1.165, 1.54) is 0 Å². The van der Waals surface area contributed by atoms with Gasteiger partial charge in [-0.25, -0.2) is 14.3 Å². The number of pyridine rings is 1. The molecule has 8 nitrogen and oxygen atoms in total. The van der Waals surface area contributed by atoms with Crippen LogP contribution >= 0.6 is 0 Å². The summed E-state index contributed by atoms with van der Waals surface area (Å²) in [5, 5.41) is 7.78. The molecule has 2 aliphatic rings. The molecule has 8 heteroatoms. The van der Waals surface area contributed by atoms with E-state index in [4.69, 9.17) is 19.6 Å². The van der Waals surface area contributed by atoms with Crippen molar-refractivity contribution in [2.24, 2.45) is 5.92 Å². The van der Waals surface area contributed by atoms with Crippen LogP contribution in [0.5, 0.6) is 5.75 Å². The molecule has 0 atom stereocenters. The molecule has 31 heavy (non-hydrogen) atoms. The average molecular weight is 420 g/mol. The first-order valence-corrected chi connectivity index (χ1v) is 10.5. The maximum Gasteiger partial charge on any atom is 0.338 e. The van der Waals surface area contributed by atoms with E-state index in [2.05, 4.69) is 19.2 Å². The van der Waals surface area contributed by atoms with Crippen LogP contribution in [0.1, 0.15) is 48.4 Å². The van der Waals surface area contributed by atoms with Crippen LogP contribution in [0.3, 0.4) is 0 Å². The van der Waals surface area contributed by atoms with Gasteiger partial charge < -0.3 is 14.8 Å². The van der Waals surface area contributed by atoms with E-state index in [9.17, 15) is 9.59 Å². The van der Waals surface area contributed by atoms with Gasteiger partial charge in [-0.05, 0) is 43.0 Å². The molecule has 0 unspecified atom stereocenters. The van der Waals surface area contributed by atoms with Gasteiger partial charge in [-0.1, -0.05) is 19.9 Å². The highest BCUT2D eigenvalue weighted by Crippen LogP contribution is 2.47. The number of hydrogen-bond acceptors (Lipinski definition) is 6. The van der Waals surface area contributed by atoms with Gasteiger partial charge in [-0.15, -0.1) is 5.10 Å². The van der Waals surface area contributed by atoms with E-state index in [1.54, 1.807) is 17.7 Å². The molecule has 0 radical (unpaired) electrons. The quantitative estimate of drug-likeness (QED) is 0.616. The monoisotopic (exact) mass is 420 g/mol. The lowest BCUT2D eigenvalue weighted by Crippen LogP contribution is -2.37. The molecule has 0 spiro atoms. The second-order valence-corrected chi connectivity index (χ2v) is 8.59. The van der Waals surface area contributed by atoms with Crippen molar-refractivity contribution in [1.29, 1.82) is 0 Å². The summed E-state index contributed by atoms with van der Waals surface area (Å²) in [6.07, 6.45) is 1.45. The van der Waals surface area contributed by atoms with Gasteiger partial charge in [0.25, 0.3) is 0 Å². The topological polar surface area (TPSA) is 94.8 Å². The van der Waals surface area contributed by atoms with Crippen molar-refractivity contribution in [3.05, 3.63) is 47.3 Å². The van der Waals surface area contributed by atoms with E-state index in [0.29, 0.717) is 35.2 Å². The van der Waals surface area contributed by atoms with Crippen LogP contribution in [0.4, 0.5) is 0 Å². The SMILES string of the molecule is COc1ccc(-c2ccc3c(c2)COC3=O)n2nc(C3(C(=O)NCC(C)C)CC3)nc12. The number of cyclic esters (lactones) is 1. The van der Waals surface area contributed by atoms with Crippen molar-refractivity contribution >= 4 is 17.5 Å². The number of carbonyl (C=O) groups is 2. The maximum absolute atomic E-state index is 12.9. The molecule has 5 rings (SSSR count). The third-order valence-electron chi connectivity index (χ3n) is 5.93. The zero-order valence-corrected chi connectivity index (χ0v) is 17.8. The van der Waals surface area contributed by atoms with Crippen LogP contribution in [0, 0.1) is 5.92 Å². The first-order valence-electron chi connectivity index (χ1n) is 10.5. The average Bonchev–Trinajstić information content (AvgIpc) is 3.32. The van der Waals surface area contributed by atoms with E-state index >= 15 is 0 Å². The number of ether oxygens (including phenoxy) is 2. The van der Waals surface area contributed by atoms with Crippen LogP contribution in [0.2, 0.25) is 0 Å². The van der Waals surface area contributed by atoms with Gasteiger partial charge in [0.15, 0.2) is 17.2 Å². The summed E-state index contributed by atoms with van der Waals surface area (Å²) in [6.45, 7) is 5.02. The second-order valence-electron chi connectivity index (χ2n) is 8.59. The smallest absolute Gasteiger partial charge is 0.338 e. The van der Waals surface area contributed by atoms with Crippen molar-refractivity contribution in [3.8, 4) is 17.0 Å². The van der Waals surface area contributed by atoms with E-state index in [1.807, 2.05) is 24.3 Å². The number of nitrogens with one attached hydrogen (secondary N) is 1. The molecule has 1 N–H and O–H groups in total. The molecular weight excluding hydrogens is 396 g/mol. The minimum absolute atomic E-state index is 0.0224. The Morgan fingerprint density at radius 2 is 2.10 bits per heavy atom. The highest BCUT2D eigenvalue weighted by molar-refractivity contribution is 5.94. The highest BCUT2D eigenvalue weighted by Gasteiger charge is 2.54. The second kappa shape index (κ2) is 7.08. The number of aromatic nitrogens is 3. The Hall–Kier alpha value is -3.42. The summed E-state index contributed by atoms with van der Waals surface area (Å²) in [5.74, 6) is 1.15. The van der Waals surface area contributed by atoms with E-state index in [0.717, 1.165) is 29.7 Å². The molecule has 2 aromatic heterocycles. The predicted octanol–water partition coefficient (Wildman–Crippen LogP) is 2.88. The minimum atomic E-state index is -0.679. The Balaban J connectivity index is 1.59. The molecule has 1 amide bonds. The van der Waals surface area contributed by atoms with Crippen molar-refractivity contribution < 1.29 is 19.1 Å². The zero-order chi connectivity index (χ0) is 21.8. The standard InChI is InChI=1S/C23H24N4O4/c1-13(2)11-24-22(29)23(8-9-23)21-25-19-18(30-3)7-6-17(27(19)26-21)14-4-5-16-15(10-14)12-31-20(16)28/h4-7,10,13H,8-9,11-12H2,1-3H3,(H,24,29). The van der Waals surface area contributed by atoms with Gasteiger partial charge in [0.1, 0.15) is 12.0 Å². The van der Waals surface area contributed by atoms with Gasteiger partial charge >= 0.3 is 5.97 Å². The maximum atomic E-state index is 12.9. The van der Waals surface area contributed by atoms with Crippen LogP contribution in [-0.2, 0) is 21.6 Å². The molecule has 0 saturated heterocycles. The van der Waals surface area contributed by atoms with E-state index < -0.39 is 5.41 Å². The molecule has 160 valence electrons. The van der Waals surface area contributed by atoms with Gasteiger partial charge in [0, 0.05) is 17.7 Å². The Kier molecular flexibility index (Phi) is 4.46. The third kappa shape index (κ3) is 3.13. The molecule has 1 aromatic carbocycles. The number of methoxy groups -OCH3 is 1. The lowest BCUT2D eigenvalue weighted by atomic mass is 10.0. The fraction of sp³-hybridized carbons (Fsp3) is 0.391. The van der Waals surface area contributed by atoms with Gasteiger partial charge in [0.2, 0.25) is 5.91 Å². The Labute approximate surface area is 179 Å². The Morgan fingerprint density at radius 3 is 2.81 bits per heavy atom.